The minimum Gasteiger partial charge on any atom is -0.464 e. The quantitative estimate of drug-likeness (QED) is 0.507. The molecule has 1 saturated heterocycles. The third-order valence-corrected chi connectivity index (χ3v) is 4.92. The highest BCUT2D eigenvalue weighted by molar-refractivity contribution is 6.02. The van der Waals surface area contributed by atoms with Crippen molar-refractivity contribution in [2.75, 3.05) is 20.7 Å². The Morgan fingerprint density at radius 2 is 2.17 bits per heavy atom. The predicted molar refractivity (Wildman–Crippen MR) is 104 cm³/mol. The van der Waals surface area contributed by atoms with Crippen LogP contribution in [0, 0.1) is 17.7 Å². The molecule has 152 valence electrons. The monoisotopic (exact) mass is 408 g/mol. The van der Waals surface area contributed by atoms with Crippen molar-refractivity contribution in [1.29, 1.82) is 0 Å². The normalized spacial score (nSPS) is 18.4. The van der Waals surface area contributed by atoms with Gasteiger partial charge >= 0.3 is 5.97 Å². The summed E-state index contributed by atoms with van der Waals surface area (Å²) >= 11 is 0. The van der Waals surface area contributed by atoms with Crippen LogP contribution in [0.5, 0.6) is 0 Å². The predicted octanol–water partition coefficient (Wildman–Crippen LogP) is 1.29. The number of hydrogen-bond acceptors (Lipinski definition) is 6. The molecule has 1 atom stereocenters. The van der Waals surface area contributed by atoms with Gasteiger partial charge in [0.1, 0.15) is 5.82 Å². The van der Waals surface area contributed by atoms with Crippen LogP contribution in [-0.4, -0.2) is 63.0 Å². The minimum absolute atomic E-state index is 0.0246. The van der Waals surface area contributed by atoms with Crippen molar-refractivity contribution in [2.24, 2.45) is 0 Å². The van der Waals surface area contributed by atoms with E-state index in [9.17, 15) is 19.1 Å². The first-order chi connectivity index (χ1) is 14.3. The van der Waals surface area contributed by atoms with Gasteiger partial charge in [-0.05, 0) is 24.3 Å². The molecule has 0 aliphatic carbocycles. The smallest absolute Gasteiger partial charge is 0.359 e. The van der Waals surface area contributed by atoms with Crippen LogP contribution in [0.3, 0.4) is 0 Å². The first-order valence-corrected chi connectivity index (χ1v) is 9.07. The molecule has 1 N–H and O–H groups in total. The molecule has 3 heterocycles. The molecular weight excluding hydrogens is 391 g/mol. The van der Waals surface area contributed by atoms with Gasteiger partial charge in [-0.25, -0.2) is 18.9 Å². The molecule has 0 radical (unpaired) electrons. The highest BCUT2D eigenvalue weighted by atomic mass is 19.1. The summed E-state index contributed by atoms with van der Waals surface area (Å²) in [4.78, 5) is 29.8. The van der Waals surface area contributed by atoms with E-state index in [0.29, 0.717) is 17.6 Å². The fourth-order valence-electron chi connectivity index (χ4n) is 3.30. The van der Waals surface area contributed by atoms with Gasteiger partial charge in [-0.15, -0.1) is 0 Å². The molecular formula is C21H17FN4O4. The third kappa shape index (κ3) is 3.17. The maximum Gasteiger partial charge on any atom is 0.359 e. The third-order valence-electron chi connectivity index (χ3n) is 4.92. The standard InChI is InChI=1S/C21H17FN4O4/c1-25-11-9-21(29,20(25)28)8-6-13-7-10-23-16(12-13)26-15-5-3-4-14(22)17(15)18(24-26)19(27)30-2/h3-5,7,10,12,29H,9,11H2,1-2H3. The van der Waals surface area contributed by atoms with Crippen LogP contribution in [-0.2, 0) is 9.53 Å². The maximum absolute atomic E-state index is 14.4. The van der Waals surface area contributed by atoms with Crippen LogP contribution in [0.2, 0.25) is 0 Å². The summed E-state index contributed by atoms with van der Waals surface area (Å²) in [5.74, 6) is 3.89. The molecule has 3 aromatic rings. The second-order valence-electron chi connectivity index (χ2n) is 6.88. The Morgan fingerprint density at radius 3 is 2.87 bits per heavy atom. The first-order valence-electron chi connectivity index (χ1n) is 9.07. The lowest BCUT2D eigenvalue weighted by molar-refractivity contribution is -0.137. The lowest BCUT2D eigenvalue weighted by Gasteiger charge is -2.13. The molecule has 30 heavy (non-hydrogen) atoms. The largest absolute Gasteiger partial charge is 0.464 e. The molecule has 8 nitrogen and oxygen atoms in total. The number of carbonyl (C=O) groups is 2. The number of aliphatic hydroxyl groups is 1. The van der Waals surface area contributed by atoms with Crippen molar-refractivity contribution in [3.8, 4) is 17.7 Å². The summed E-state index contributed by atoms with van der Waals surface area (Å²) in [5.41, 5.74) is -1.09. The Balaban J connectivity index is 1.79. The van der Waals surface area contributed by atoms with Crippen LogP contribution >= 0.6 is 0 Å². The van der Waals surface area contributed by atoms with Crippen LogP contribution in [0.4, 0.5) is 4.39 Å². The topological polar surface area (TPSA) is 97.5 Å². The number of aromatic nitrogens is 3. The molecule has 0 bridgehead atoms. The number of likely N-dealkylation sites (N-methyl/N-ethyl adjacent to an activating group) is 1. The average Bonchev–Trinajstić information content (AvgIpc) is 3.27. The minimum atomic E-state index is -1.72. The molecule has 1 aromatic carbocycles. The molecule has 1 aliphatic heterocycles. The Morgan fingerprint density at radius 1 is 1.37 bits per heavy atom. The SMILES string of the molecule is COC(=O)c1nn(-c2cc(C#CC3(O)CCN(C)C3=O)ccn2)c2cccc(F)c12. The maximum atomic E-state index is 14.4. The molecule has 1 aliphatic rings. The average molecular weight is 408 g/mol. The molecule has 2 aromatic heterocycles. The van der Waals surface area contributed by atoms with E-state index in [2.05, 4.69) is 21.9 Å². The van der Waals surface area contributed by atoms with Crippen LogP contribution in [0.25, 0.3) is 16.7 Å². The van der Waals surface area contributed by atoms with Crippen molar-refractivity contribution in [3.05, 3.63) is 53.6 Å². The molecule has 0 saturated carbocycles. The van der Waals surface area contributed by atoms with Gasteiger partial charge in [-0.3, -0.25) is 4.79 Å². The molecule has 0 spiro atoms. The van der Waals surface area contributed by atoms with Crippen molar-refractivity contribution < 1.29 is 23.8 Å². The first kappa shape index (κ1) is 19.5. The van der Waals surface area contributed by atoms with E-state index in [0.717, 1.165) is 0 Å². The Bertz CT molecular complexity index is 1240. The number of rotatable bonds is 2. The van der Waals surface area contributed by atoms with Crippen molar-refractivity contribution in [1.82, 2.24) is 19.7 Å². The molecule has 1 amide bonds. The molecule has 1 unspecified atom stereocenters. The number of pyridine rings is 1. The van der Waals surface area contributed by atoms with Crippen LogP contribution < -0.4 is 0 Å². The van der Waals surface area contributed by atoms with E-state index in [1.807, 2.05) is 0 Å². The summed E-state index contributed by atoms with van der Waals surface area (Å²) in [6, 6.07) is 7.51. The number of benzene rings is 1. The van der Waals surface area contributed by atoms with E-state index >= 15 is 0 Å². The Hall–Kier alpha value is -3.77. The van der Waals surface area contributed by atoms with E-state index in [4.69, 9.17) is 4.74 Å². The zero-order valence-corrected chi connectivity index (χ0v) is 16.2. The second-order valence-corrected chi connectivity index (χ2v) is 6.88. The summed E-state index contributed by atoms with van der Waals surface area (Å²) in [7, 11) is 2.79. The lowest BCUT2D eigenvalue weighted by Crippen LogP contribution is -2.37. The Labute approximate surface area is 170 Å². The molecule has 9 heteroatoms. The van der Waals surface area contributed by atoms with Gasteiger partial charge in [-0.2, -0.15) is 5.10 Å². The Kier molecular flexibility index (Phi) is 4.72. The number of nitrogens with zero attached hydrogens (tertiary/aromatic N) is 4. The number of carbonyl (C=O) groups excluding carboxylic acids is 2. The zero-order chi connectivity index (χ0) is 21.5. The zero-order valence-electron chi connectivity index (χ0n) is 16.2. The fraction of sp³-hybridized carbons (Fsp3) is 0.238. The number of ether oxygens (including phenoxy) is 1. The van der Waals surface area contributed by atoms with E-state index < -0.39 is 23.3 Å². The van der Waals surface area contributed by atoms with Gasteiger partial charge in [0.25, 0.3) is 5.91 Å². The van der Waals surface area contributed by atoms with Gasteiger partial charge in [0.2, 0.25) is 5.60 Å². The van der Waals surface area contributed by atoms with Gasteiger partial charge < -0.3 is 14.7 Å². The lowest BCUT2D eigenvalue weighted by atomic mass is 10.0. The van der Waals surface area contributed by atoms with Crippen molar-refractivity contribution in [2.45, 2.75) is 12.0 Å². The molecule has 1 fully saturated rings. The summed E-state index contributed by atoms with van der Waals surface area (Å²) < 4.78 is 20.4. The van der Waals surface area contributed by atoms with E-state index in [1.54, 1.807) is 25.2 Å². The molecule has 4 rings (SSSR count). The number of methoxy groups -OCH3 is 1. The number of esters is 1. The number of likely N-dealkylation sites (tertiary alicyclic amines) is 1. The summed E-state index contributed by atoms with van der Waals surface area (Å²) in [6.07, 6.45) is 1.69. The van der Waals surface area contributed by atoms with Gasteiger partial charge in [0.15, 0.2) is 11.5 Å². The number of hydrogen-bond donors (Lipinski definition) is 1. The number of amides is 1. The van der Waals surface area contributed by atoms with Crippen molar-refractivity contribution >= 4 is 22.8 Å². The van der Waals surface area contributed by atoms with Crippen LogP contribution in [0.15, 0.2) is 36.5 Å². The summed E-state index contributed by atoms with van der Waals surface area (Å²) in [5, 5.41) is 14.7. The van der Waals surface area contributed by atoms with Gasteiger partial charge in [-0.1, -0.05) is 17.9 Å². The second kappa shape index (κ2) is 7.24. The van der Waals surface area contributed by atoms with E-state index in [-0.39, 0.29) is 23.3 Å². The van der Waals surface area contributed by atoms with Gasteiger partial charge in [0, 0.05) is 31.8 Å². The number of fused-ring (bicyclic) bond motifs is 1. The van der Waals surface area contributed by atoms with Crippen molar-refractivity contribution in [3.63, 3.8) is 0 Å². The summed E-state index contributed by atoms with van der Waals surface area (Å²) in [6.45, 7) is 0.423. The highest BCUT2D eigenvalue weighted by Gasteiger charge is 2.42. The highest BCUT2D eigenvalue weighted by Crippen LogP contribution is 2.25. The fourth-order valence-corrected chi connectivity index (χ4v) is 3.30. The van der Waals surface area contributed by atoms with E-state index in [1.165, 1.54) is 35.0 Å². The van der Waals surface area contributed by atoms with Crippen LogP contribution in [0.1, 0.15) is 22.5 Å². The van der Waals surface area contributed by atoms with Gasteiger partial charge in [0.05, 0.1) is 18.0 Å². The number of halogens is 1.